The van der Waals surface area contributed by atoms with E-state index < -0.39 is 0 Å². The molecule has 2 nitrogen and oxygen atoms in total. The molecule has 0 aliphatic heterocycles. The second-order valence-corrected chi connectivity index (χ2v) is 4.61. The van der Waals surface area contributed by atoms with E-state index in [1.54, 1.807) is 0 Å². The van der Waals surface area contributed by atoms with Gasteiger partial charge in [0.1, 0.15) is 5.78 Å². The minimum absolute atomic E-state index is 0.285. The van der Waals surface area contributed by atoms with E-state index in [-0.39, 0.29) is 5.78 Å². The van der Waals surface area contributed by atoms with E-state index in [0.29, 0.717) is 13.0 Å². The van der Waals surface area contributed by atoms with Crippen LogP contribution in [0.1, 0.15) is 18.9 Å². The molecule has 3 heteroatoms. The molecular formula is C12H16BrNO. The highest BCUT2D eigenvalue weighted by molar-refractivity contribution is 9.10. The molecule has 0 saturated heterocycles. The average Bonchev–Trinajstić information content (AvgIpc) is 2.17. The fraction of sp³-hybridized carbons (Fsp3) is 0.417. The van der Waals surface area contributed by atoms with Gasteiger partial charge in [0.2, 0.25) is 0 Å². The maximum Gasteiger partial charge on any atom is 0.146 e. The van der Waals surface area contributed by atoms with Crippen LogP contribution in [0.5, 0.6) is 0 Å². The van der Waals surface area contributed by atoms with Crippen molar-refractivity contribution in [3.05, 3.63) is 34.3 Å². The van der Waals surface area contributed by atoms with E-state index in [4.69, 9.17) is 0 Å². The average molecular weight is 270 g/mol. The number of carbonyl (C=O) groups excluding carboxylic acids is 1. The maximum absolute atomic E-state index is 11.2. The quantitative estimate of drug-likeness (QED) is 0.820. The van der Waals surface area contributed by atoms with Crippen LogP contribution in [0.25, 0.3) is 0 Å². The molecule has 0 bridgehead atoms. The Morgan fingerprint density at radius 3 is 2.80 bits per heavy atom. The highest BCUT2D eigenvalue weighted by Gasteiger charge is 2.05. The Bertz CT molecular complexity index is 338. The minimum atomic E-state index is 0.285. The predicted octanol–water partition coefficient (Wildman–Crippen LogP) is 2.86. The molecule has 1 aromatic rings. The van der Waals surface area contributed by atoms with E-state index in [9.17, 15) is 4.79 Å². The summed E-state index contributed by atoms with van der Waals surface area (Å²) < 4.78 is 1.08. The van der Waals surface area contributed by atoms with Crippen molar-refractivity contribution in [2.45, 2.75) is 19.9 Å². The number of Topliss-reactive ketones (excluding diaryl/α,β-unsaturated/α-hetero) is 1. The number of carbonyl (C=O) groups is 1. The zero-order chi connectivity index (χ0) is 11.3. The normalized spacial score (nSPS) is 10.7. The minimum Gasteiger partial charge on any atom is -0.298 e. The lowest BCUT2D eigenvalue weighted by Crippen LogP contribution is -2.24. The van der Waals surface area contributed by atoms with Gasteiger partial charge >= 0.3 is 0 Å². The van der Waals surface area contributed by atoms with Crippen LogP contribution in [0.2, 0.25) is 0 Å². The molecule has 0 N–H and O–H groups in total. The molecule has 1 aromatic carbocycles. The van der Waals surface area contributed by atoms with Crippen molar-refractivity contribution in [1.82, 2.24) is 4.90 Å². The molecule has 0 radical (unpaired) electrons. The maximum atomic E-state index is 11.2. The Morgan fingerprint density at radius 2 is 2.20 bits per heavy atom. The third-order valence-electron chi connectivity index (χ3n) is 2.18. The Hall–Kier alpha value is -0.670. The number of ketones is 1. The topological polar surface area (TPSA) is 20.3 Å². The van der Waals surface area contributed by atoms with Crippen LogP contribution in [-0.4, -0.2) is 24.3 Å². The van der Waals surface area contributed by atoms with E-state index in [0.717, 1.165) is 11.0 Å². The zero-order valence-electron chi connectivity index (χ0n) is 9.16. The first-order chi connectivity index (χ1) is 7.11. The second-order valence-electron chi connectivity index (χ2n) is 3.69. The third-order valence-corrected chi connectivity index (χ3v) is 2.68. The summed E-state index contributed by atoms with van der Waals surface area (Å²) in [6.07, 6.45) is 0.614. The molecule has 0 fully saturated rings. The van der Waals surface area contributed by atoms with Crippen LogP contribution in [0.3, 0.4) is 0 Å². The van der Waals surface area contributed by atoms with Crippen molar-refractivity contribution in [2.75, 3.05) is 13.6 Å². The van der Waals surface area contributed by atoms with Crippen molar-refractivity contribution >= 4 is 21.7 Å². The standard InChI is InChI=1S/C12H16BrNO/c1-3-12(15)9-14(2)8-10-5-4-6-11(13)7-10/h4-7H,3,8-9H2,1-2H3. The van der Waals surface area contributed by atoms with Crippen LogP contribution in [0.15, 0.2) is 28.7 Å². The van der Waals surface area contributed by atoms with E-state index >= 15 is 0 Å². The third kappa shape index (κ3) is 4.58. The summed E-state index contributed by atoms with van der Waals surface area (Å²) in [4.78, 5) is 13.3. The molecular weight excluding hydrogens is 254 g/mol. The van der Waals surface area contributed by atoms with Gasteiger partial charge in [-0.1, -0.05) is 35.0 Å². The second kappa shape index (κ2) is 6.03. The summed E-state index contributed by atoms with van der Waals surface area (Å²) in [5, 5.41) is 0. The Kier molecular flexibility index (Phi) is 4.99. The van der Waals surface area contributed by atoms with Crippen LogP contribution in [0, 0.1) is 0 Å². The zero-order valence-corrected chi connectivity index (χ0v) is 10.8. The van der Waals surface area contributed by atoms with Gasteiger partial charge in [-0.05, 0) is 24.7 Å². The number of nitrogens with zero attached hydrogens (tertiary/aromatic N) is 1. The van der Waals surface area contributed by atoms with E-state index in [1.165, 1.54) is 5.56 Å². The molecule has 0 unspecified atom stereocenters. The molecule has 0 aliphatic carbocycles. The highest BCUT2D eigenvalue weighted by Crippen LogP contribution is 2.12. The van der Waals surface area contributed by atoms with Crippen molar-refractivity contribution in [2.24, 2.45) is 0 Å². The SMILES string of the molecule is CCC(=O)CN(C)Cc1cccc(Br)c1. The lowest BCUT2D eigenvalue weighted by Gasteiger charge is -2.15. The number of likely N-dealkylation sites (N-methyl/N-ethyl adjacent to an activating group) is 1. The summed E-state index contributed by atoms with van der Waals surface area (Å²) in [5.74, 6) is 0.285. The number of hydrogen-bond donors (Lipinski definition) is 0. The summed E-state index contributed by atoms with van der Waals surface area (Å²) in [7, 11) is 1.97. The molecule has 0 amide bonds. The Morgan fingerprint density at radius 1 is 1.47 bits per heavy atom. The van der Waals surface area contributed by atoms with Gasteiger partial charge in [0, 0.05) is 17.4 Å². The lowest BCUT2D eigenvalue weighted by atomic mass is 10.2. The molecule has 0 spiro atoms. The van der Waals surface area contributed by atoms with Crippen LogP contribution < -0.4 is 0 Å². The number of benzene rings is 1. The fourth-order valence-corrected chi connectivity index (χ4v) is 1.86. The molecule has 82 valence electrons. The highest BCUT2D eigenvalue weighted by atomic mass is 79.9. The van der Waals surface area contributed by atoms with Crippen molar-refractivity contribution in [1.29, 1.82) is 0 Å². The van der Waals surface area contributed by atoms with Crippen LogP contribution >= 0.6 is 15.9 Å². The first-order valence-corrected chi connectivity index (χ1v) is 5.85. The first kappa shape index (κ1) is 12.4. The fourth-order valence-electron chi connectivity index (χ4n) is 1.42. The smallest absolute Gasteiger partial charge is 0.146 e. The predicted molar refractivity (Wildman–Crippen MR) is 65.8 cm³/mol. The largest absolute Gasteiger partial charge is 0.298 e. The lowest BCUT2D eigenvalue weighted by molar-refractivity contribution is -0.119. The molecule has 0 aromatic heterocycles. The molecule has 0 aliphatic rings. The van der Waals surface area contributed by atoms with E-state index in [1.807, 2.05) is 31.0 Å². The van der Waals surface area contributed by atoms with Crippen LogP contribution in [-0.2, 0) is 11.3 Å². The molecule has 0 heterocycles. The van der Waals surface area contributed by atoms with Crippen molar-refractivity contribution in [3.63, 3.8) is 0 Å². The molecule has 0 atom stereocenters. The van der Waals surface area contributed by atoms with Gasteiger partial charge in [-0.2, -0.15) is 0 Å². The Labute approximate surface area is 99.4 Å². The number of hydrogen-bond acceptors (Lipinski definition) is 2. The monoisotopic (exact) mass is 269 g/mol. The van der Waals surface area contributed by atoms with Gasteiger partial charge in [0.15, 0.2) is 0 Å². The van der Waals surface area contributed by atoms with Crippen molar-refractivity contribution in [3.8, 4) is 0 Å². The summed E-state index contributed by atoms with van der Waals surface area (Å²) in [5.41, 5.74) is 1.22. The van der Waals surface area contributed by atoms with Gasteiger partial charge in [-0.3, -0.25) is 9.69 Å². The van der Waals surface area contributed by atoms with Crippen molar-refractivity contribution < 1.29 is 4.79 Å². The van der Waals surface area contributed by atoms with Gasteiger partial charge in [0.05, 0.1) is 6.54 Å². The van der Waals surface area contributed by atoms with Gasteiger partial charge in [0.25, 0.3) is 0 Å². The Balaban J connectivity index is 2.51. The van der Waals surface area contributed by atoms with Gasteiger partial charge in [-0.25, -0.2) is 0 Å². The first-order valence-electron chi connectivity index (χ1n) is 5.06. The number of rotatable bonds is 5. The molecule has 15 heavy (non-hydrogen) atoms. The van der Waals surface area contributed by atoms with Crippen LogP contribution in [0.4, 0.5) is 0 Å². The summed E-state index contributed by atoms with van der Waals surface area (Å²) in [6.45, 7) is 3.24. The summed E-state index contributed by atoms with van der Waals surface area (Å²) in [6, 6.07) is 8.15. The summed E-state index contributed by atoms with van der Waals surface area (Å²) >= 11 is 3.43. The molecule has 1 rings (SSSR count). The van der Waals surface area contributed by atoms with E-state index in [2.05, 4.69) is 28.1 Å². The molecule has 0 saturated carbocycles. The van der Waals surface area contributed by atoms with Gasteiger partial charge < -0.3 is 0 Å². The number of halogens is 1. The van der Waals surface area contributed by atoms with Gasteiger partial charge in [-0.15, -0.1) is 0 Å².